The molecule has 176 valence electrons. The quantitative estimate of drug-likeness (QED) is 0.324. The fourth-order valence-electron chi connectivity index (χ4n) is 3.96. The topological polar surface area (TPSA) is 112 Å². The van der Waals surface area contributed by atoms with Crippen LogP contribution in [0.5, 0.6) is 0 Å². The summed E-state index contributed by atoms with van der Waals surface area (Å²) in [7, 11) is 0. The lowest BCUT2D eigenvalue weighted by Gasteiger charge is -2.32. The maximum absolute atomic E-state index is 13.8. The van der Waals surface area contributed by atoms with Gasteiger partial charge in [0.25, 0.3) is 5.56 Å². The molecule has 35 heavy (non-hydrogen) atoms. The number of para-hydroxylation sites is 1. The van der Waals surface area contributed by atoms with E-state index >= 15 is 0 Å². The Balaban J connectivity index is 1.77. The second-order valence-electron chi connectivity index (χ2n) is 8.22. The molecular weight excluding hydrogens is 482 g/mol. The third kappa shape index (κ3) is 4.13. The standard InChI is InChI=1S/C25H22ClN7OS/c1-3-25(2,32-21-16(12-28-24(27)31-21)19-13-35-14-29-19)23-30-18-11-7-10-17(26)20(18)22(34)33(23)15-8-5-4-6-9-15/h4-14H,3H2,1-2H3,(H3,27,28,31,32). The minimum Gasteiger partial charge on any atom is -0.368 e. The van der Waals surface area contributed by atoms with Gasteiger partial charge in [0.2, 0.25) is 5.95 Å². The third-order valence-corrected chi connectivity index (χ3v) is 6.87. The molecule has 0 bridgehead atoms. The van der Waals surface area contributed by atoms with E-state index in [4.69, 9.17) is 22.3 Å². The predicted molar refractivity (Wildman–Crippen MR) is 141 cm³/mol. The average molecular weight is 504 g/mol. The van der Waals surface area contributed by atoms with E-state index in [9.17, 15) is 4.79 Å². The molecule has 0 fully saturated rings. The number of benzene rings is 2. The summed E-state index contributed by atoms with van der Waals surface area (Å²) in [5.41, 5.74) is 9.27. The Labute approximate surface area is 210 Å². The van der Waals surface area contributed by atoms with Gasteiger partial charge >= 0.3 is 0 Å². The van der Waals surface area contributed by atoms with Gasteiger partial charge in [-0.1, -0.05) is 42.8 Å². The summed E-state index contributed by atoms with van der Waals surface area (Å²) in [6.07, 6.45) is 2.23. The number of thiazole rings is 1. The largest absolute Gasteiger partial charge is 0.368 e. The molecule has 0 aliphatic carbocycles. The van der Waals surface area contributed by atoms with Gasteiger partial charge in [-0.05, 0) is 37.6 Å². The van der Waals surface area contributed by atoms with Crippen LogP contribution < -0.4 is 16.6 Å². The first-order valence-corrected chi connectivity index (χ1v) is 12.3. The first kappa shape index (κ1) is 22.9. The first-order chi connectivity index (χ1) is 16.9. The number of halogens is 1. The summed E-state index contributed by atoms with van der Waals surface area (Å²) in [4.78, 5) is 31.8. The van der Waals surface area contributed by atoms with Crippen molar-refractivity contribution in [2.24, 2.45) is 0 Å². The summed E-state index contributed by atoms with van der Waals surface area (Å²) in [6.45, 7) is 4.00. The maximum Gasteiger partial charge on any atom is 0.267 e. The van der Waals surface area contributed by atoms with E-state index in [2.05, 4.69) is 20.3 Å². The van der Waals surface area contributed by atoms with Crippen LogP contribution in [0.3, 0.4) is 0 Å². The molecule has 5 rings (SSSR count). The number of rotatable bonds is 6. The highest BCUT2D eigenvalue weighted by Crippen LogP contribution is 2.34. The Morgan fingerprint density at radius 2 is 1.91 bits per heavy atom. The lowest BCUT2D eigenvalue weighted by Crippen LogP contribution is -2.39. The van der Waals surface area contributed by atoms with Crippen LogP contribution in [0.2, 0.25) is 5.02 Å². The number of anilines is 2. The van der Waals surface area contributed by atoms with Crippen molar-refractivity contribution < 1.29 is 0 Å². The van der Waals surface area contributed by atoms with Gasteiger partial charge in [-0.15, -0.1) is 11.3 Å². The molecule has 3 heterocycles. The lowest BCUT2D eigenvalue weighted by atomic mass is 9.96. The Morgan fingerprint density at radius 3 is 2.63 bits per heavy atom. The van der Waals surface area contributed by atoms with E-state index < -0.39 is 5.54 Å². The Hall–Kier alpha value is -3.82. The van der Waals surface area contributed by atoms with Crippen molar-refractivity contribution in [3.05, 3.63) is 86.8 Å². The van der Waals surface area contributed by atoms with E-state index in [1.165, 1.54) is 11.3 Å². The van der Waals surface area contributed by atoms with Crippen LogP contribution >= 0.6 is 22.9 Å². The molecule has 8 nitrogen and oxygen atoms in total. The fraction of sp³-hybridized carbons (Fsp3) is 0.160. The highest BCUT2D eigenvalue weighted by Gasteiger charge is 2.33. The van der Waals surface area contributed by atoms with Crippen molar-refractivity contribution >= 4 is 45.6 Å². The molecule has 1 atom stereocenters. The monoisotopic (exact) mass is 503 g/mol. The molecule has 5 aromatic rings. The van der Waals surface area contributed by atoms with Crippen LogP contribution in [0.15, 0.2) is 70.4 Å². The normalized spacial score (nSPS) is 13.0. The number of aromatic nitrogens is 5. The zero-order valence-electron chi connectivity index (χ0n) is 19.1. The van der Waals surface area contributed by atoms with Crippen LogP contribution in [0.1, 0.15) is 26.1 Å². The number of nitrogens with one attached hydrogen (secondary N) is 1. The van der Waals surface area contributed by atoms with Crippen molar-refractivity contribution in [3.8, 4) is 16.9 Å². The van der Waals surface area contributed by atoms with E-state index in [1.54, 1.807) is 34.5 Å². The summed E-state index contributed by atoms with van der Waals surface area (Å²) in [5, 5.41) is 6.16. The smallest absolute Gasteiger partial charge is 0.267 e. The minimum atomic E-state index is -0.822. The van der Waals surface area contributed by atoms with Gasteiger partial charge < -0.3 is 11.1 Å². The molecule has 0 aliphatic rings. The van der Waals surface area contributed by atoms with Crippen LogP contribution in [0.4, 0.5) is 11.8 Å². The van der Waals surface area contributed by atoms with E-state index in [0.29, 0.717) is 45.2 Å². The van der Waals surface area contributed by atoms with Crippen molar-refractivity contribution in [1.82, 2.24) is 24.5 Å². The second kappa shape index (κ2) is 9.09. The first-order valence-electron chi connectivity index (χ1n) is 11.0. The van der Waals surface area contributed by atoms with E-state index in [1.807, 2.05) is 49.6 Å². The number of nitrogen functional groups attached to an aromatic ring is 1. The van der Waals surface area contributed by atoms with Crippen LogP contribution in [-0.2, 0) is 5.54 Å². The summed E-state index contributed by atoms with van der Waals surface area (Å²) in [5.74, 6) is 1.16. The van der Waals surface area contributed by atoms with Gasteiger partial charge in [-0.2, -0.15) is 4.98 Å². The average Bonchev–Trinajstić information content (AvgIpc) is 3.39. The highest BCUT2D eigenvalue weighted by molar-refractivity contribution is 7.07. The van der Waals surface area contributed by atoms with Gasteiger partial charge in [-0.3, -0.25) is 9.36 Å². The molecule has 0 radical (unpaired) electrons. The molecule has 0 saturated carbocycles. The third-order valence-electron chi connectivity index (χ3n) is 5.97. The molecule has 3 aromatic heterocycles. The molecule has 0 aliphatic heterocycles. The molecule has 0 saturated heterocycles. The number of nitrogens with zero attached hydrogens (tertiary/aromatic N) is 5. The minimum absolute atomic E-state index is 0.128. The van der Waals surface area contributed by atoms with Crippen LogP contribution in [0, 0.1) is 0 Å². The van der Waals surface area contributed by atoms with Crippen molar-refractivity contribution in [2.75, 3.05) is 11.1 Å². The van der Waals surface area contributed by atoms with Crippen LogP contribution in [0.25, 0.3) is 27.8 Å². The zero-order valence-corrected chi connectivity index (χ0v) is 20.6. The summed E-state index contributed by atoms with van der Waals surface area (Å²) >= 11 is 7.92. The predicted octanol–water partition coefficient (Wildman–Crippen LogP) is 5.27. The zero-order chi connectivity index (χ0) is 24.6. The Bertz CT molecular complexity index is 1570. The highest BCUT2D eigenvalue weighted by atomic mass is 35.5. The van der Waals surface area contributed by atoms with Crippen LogP contribution in [-0.4, -0.2) is 24.5 Å². The SMILES string of the molecule is CCC(C)(Nc1nc(N)ncc1-c1cscn1)c1nc2cccc(Cl)c2c(=O)n1-c1ccccc1. The number of hydrogen-bond acceptors (Lipinski definition) is 8. The van der Waals surface area contributed by atoms with Crippen molar-refractivity contribution in [1.29, 1.82) is 0 Å². The molecule has 0 amide bonds. The van der Waals surface area contributed by atoms with Gasteiger partial charge in [-0.25, -0.2) is 15.0 Å². The van der Waals surface area contributed by atoms with E-state index in [0.717, 1.165) is 5.69 Å². The molecule has 2 aromatic carbocycles. The Morgan fingerprint density at radius 1 is 1.11 bits per heavy atom. The molecule has 0 spiro atoms. The Kier molecular flexibility index (Phi) is 5.96. The lowest BCUT2D eigenvalue weighted by molar-refractivity contribution is 0.473. The number of fused-ring (bicyclic) bond motifs is 1. The van der Waals surface area contributed by atoms with Gasteiger partial charge in [0.15, 0.2) is 0 Å². The van der Waals surface area contributed by atoms with Gasteiger partial charge in [0.05, 0.1) is 43.9 Å². The summed E-state index contributed by atoms with van der Waals surface area (Å²) in [6, 6.07) is 14.7. The summed E-state index contributed by atoms with van der Waals surface area (Å²) < 4.78 is 1.61. The molecule has 10 heteroatoms. The molecule has 1 unspecified atom stereocenters. The molecule has 3 N–H and O–H groups in total. The molecular formula is C25H22ClN7OS. The second-order valence-corrected chi connectivity index (χ2v) is 9.35. The van der Waals surface area contributed by atoms with Crippen molar-refractivity contribution in [2.45, 2.75) is 25.8 Å². The van der Waals surface area contributed by atoms with Gasteiger partial charge in [0, 0.05) is 11.6 Å². The van der Waals surface area contributed by atoms with E-state index in [-0.39, 0.29) is 11.5 Å². The number of hydrogen-bond donors (Lipinski definition) is 2. The van der Waals surface area contributed by atoms with Crippen molar-refractivity contribution in [3.63, 3.8) is 0 Å². The maximum atomic E-state index is 13.8. The number of nitrogens with two attached hydrogens (primary N) is 1. The fourth-order valence-corrected chi connectivity index (χ4v) is 4.77. The van der Waals surface area contributed by atoms with Gasteiger partial charge in [0.1, 0.15) is 11.6 Å².